The molecule has 19 heavy (non-hydrogen) atoms. The van der Waals surface area contributed by atoms with Crippen molar-refractivity contribution in [1.29, 1.82) is 0 Å². The van der Waals surface area contributed by atoms with Crippen molar-refractivity contribution in [3.63, 3.8) is 0 Å². The molecular weight excluding hydrogens is 246 g/mol. The Hall–Kier alpha value is -2.82. The summed E-state index contributed by atoms with van der Waals surface area (Å²) in [4.78, 5) is 22.8. The minimum Gasteiger partial charge on any atom is -0.478 e. The monoisotopic (exact) mass is 257 g/mol. The van der Waals surface area contributed by atoms with E-state index in [2.05, 4.69) is 0 Å². The average Bonchev–Trinajstić information content (AvgIpc) is 2.39. The summed E-state index contributed by atoms with van der Waals surface area (Å²) < 4.78 is 5.07. The molecule has 0 heterocycles. The molecule has 0 unspecified atom stereocenters. The Bertz CT molecular complexity index is 620. The number of aromatic carboxylic acids is 1. The minimum absolute atomic E-state index is 0.0109. The van der Waals surface area contributed by atoms with Gasteiger partial charge in [-0.2, -0.15) is 0 Å². The molecule has 5 nitrogen and oxygen atoms in total. The van der Waals surface area contributed by atoms with Crippen LogP contribution in [0.25, 0.3) is 0 Å². The van der Waals surface area contributed by atoms with Crippen molar-refractivity contribution in [2.75, 3.05) is 5.73 Å². The first-order valence-electron chi connectivity index (χ1n) is 5.48. The van der Waals surface area contributed by atoms with E-state index in [-0.39, 0.29) is 11.3 Å². The lowest BCUT2D eigenvalue weighted by Crippen LogP contribution is -2.11. The highest BCUT2D eigenvalue weighted by Gasteiger charge is 2.14. The minimum atomic E-state index is -1.15. The van der Waals surface area contributed by atoms with Crippen LogP contribution in [0.3, 0.4) is 0 Å². The number of carboxylic acid groups (broad SMARTS) is 1. The number of benzene rings is 2. The van der Waals surface area contributed by atoms with Crippen LogP contribution in [-0.2, 0) is 0 Å². The molecule has 2 aromatic rings. The van der Waals surface area contributed by atoms with Crippen LogP contribution in [0, 0.1) is 0 Å². The Kier molecular flexibility index (Phi) is 3.47. The maximum atomic E-state index is 11.8. The van der Waals surface area contributed by atoms with Crippen LogP contribution in [0.5, 0.6) is 5.75 Å². The topological polar surface area (TPSA) is 89.6 Å². The number of nitrogen functional groups attached to an aromatic ring is 1. The van der Waals surface area contributed by atoms with Crippen LogP contribution in [0.15, 0.2) is 48.5 Å². The smallest absolute Gasteiger partial charge is 0.343 e. The number of nitrogens with two attached hydrogens (primary N) is 1. The second-order valence-electron chi connectivity index (χ2n) is 3.81. The van der Waals surface area contributed by atoms with Gasteiger partial charge in [0.2, 0.25) is 0 Å². The number of anilines is 1. The van der Waals surface area contributed by atoms with Crippen LogP contribution in [0.2, 0.25) is 0 Å². The third-order valence-corrected chi connectivity index (χ3v) is 2.47. The Morgan fingerprint density at radius 1 is 1.00 bits per heavy atom. The van der Waals surface area contributed by atoms with Gasteiger partial charge in [0, 0.05) is 5.69 Å². The molecule has 2 rings (SSSR count). The Morgan fingerprint density at radius 2 is 1.63 bits per heavy atom. The number of hydrogen-bond acceptors (Lipinski definition) is 4. The third-order valence-electron chi connectivity index (χ3n) is 2.47. The van der Waals surface area contributed by atoms with E-state index in [9.17, 15) is 9.59 Å². The van der Waals surface area contributed by atoms with Crippen LogP contribution < -0.4 is 10.5 Å². The van der Waals surface area contributed by atoms with E-state index >= 15 is 0 Å². The highest BCUT2D eigenvalue weighted by Crippen LogP contribution is 2.19. The van der Waals surface area contributed by atoms with E-state index in [0.29, 0.717) is 11.3 Å². The standard InChI is InChI=1S/C14H11NO4/c15-10-7-5-9(6-8-10)14(18)19-12-4-2-1-3-11(12)13(16)17/h1-8H,15H2,(H,16,17). The molecule has 96 valence electrons. The fourth-order valence-electron chi connectivity index (χ4n) is 1.51. The van der Waals surface area contributed by atoms with Crippen molar-refractivity contribution in [3.8, 4) is 5.75 Å². The van der Waals surface area contributed by atoms with Gasteiger partial charge in [-0.05, 0) is 36.4 Å². The fraction of sp³-hybridized carbons (Fsp3) is 0. The van der Waals surface area contributed by atoms with E-state index in [1.165, 1.54) is 24.3 Å². The van der Waals surface area contributed by atoms with E-state index in [1.807, 2.05) is 0 Å². The molecule has 0 aliphatic carbocycles. The molecule has 0 aliphatic rings. The van der Waals surface area contributed by atoms with Crippen LogP contribution >= 0.6 is 0 Å². The molecule has 0 saturated heterocycles. The van der Waals surface area contributed by atoms with E-state index in [4.69, 9.17) is 15.6 Å². The number of para-hydroxylation sites is 1. The van der Waals surface area contributed by atoms with Crippen LogP contribution in [0.4, 0.5) is 5.69 Å². The fourth-order valence-corrected chi connectivity index (χ4v) is 1.51. The molecule has 0 fully saturated rings. The number of carbonyl (C=O) groups excluding carboxylic acids is 1. The Balaban J connectivity index is 2.24. The zero-order valence-corrected chi connectivity index (χ0v) is 9.87. The van der Waals surface area contributed by atoms with Crippen molar-refractivity contribution in [2.24, 2.45) is 0 Å². The average molecular weight is 257 g/mol. The molecule has 0 bridgehead atoms. The first-order valence-corrected chi connectivity index (χ1v) is 5.48. The second kappa shape index (κ2) is 5.22. The van der Waals surface area contributed by atoms with Gasteiger partial charge in [-0.15, -0.1) is 0 Å². The number of rotatable bonds is 3. The summed E-state index contributed by atoms with van der Waals surface area (Å²) in [6, 6.07) is 12.1. The molecular formula is C14H11NO4. The van der Waals surface area contributed by atoms with E-state index in [1.54, 1.807) is 24.3 Å². The SMILES string of the molecule is Nc1ccc(C(=O)Oc2ccccc2C(=O)O)cc1. The summed E-state index contributed by atoms with van der Waals surface area (Å²) in [5, 5.41) is 8.98. The molecule has 3 N–H and O–H groups in total. The number of hydrogen-bond donors (Lipinski definition) is 2. The Morgan fingerprint density at radius 3 is 2.26 bits per heavy atom. The zero-order valence-electron chi connectivity index (χ0n) is 9.87. The van der Waals surface area contributed by atoms with Gasteiger partial charge in [0.1, 0.15) is 11.3 Å². The molecule has 0 saturated carbocycles. The number of ether oxygens (including phenoxy) is 1. The zero-order chi connectivity index (χ0) is 13.8. The first-order chi connectivity index (χ1) is 9.08. The lowest BCUT2D eigenvalue weighted by Gasteiger charge is -2.07. The summed E-state index contributed by atoms with van der Waals surface area (Å²) >= 11 is 0. The van der Waals surface area contributed by atoms with Gasteiger partial charge < -0.3 is 15.6 Å². The molecule has 0 aliphatic heterocycles. The summed E-state index contributed by atoms with van der Waals surface area (Å²) in [5.41, 5.74) is 6.28. The van der Waals surface area contributed by atoms with Gasteiger partial charge in [-0.3, -0.25) is 0 Å². The molecule has 5 heteroatoms. The highest BCUT2D eigenvalue weighted by molar-refractivity contribution is 5.95. The van der Waals surface area contributed by atoms with Gasteiger partial charge in [-0.25, -0.2) is 9.59 Å². The molecule has 0 aromatic heterocycles. The van der Waals surface area contributed by atoms with Gasteiger partial charge in [0.15, 0.2) is 0 Å². The molecule has 2 aromatic carbocycles. The summed E-state index contributed by atoms with van der Waals surface area (Å²) in [6.45, 7) is 0. The predicted octanol–water partition coefficient (Wildman–Crippen LogP) is 2.19. The molecule has 0 radical (unpaired) electrons. The van der Waals surface area contributed by atoms with Crippen molar-refractivity contribution < 1.29 is 19.4 Å². The largest absolute Gasteiger partial charge is 0.478 e. The summed E-state index contributed by atoms with van der Waals surface area (Å²) in [7, 11) is 0. The Labute approximate surface area is 109 Å². The lowest BCUT2D eigenvalue weighted by molar-refractivity contribution is 0.0681. The lowest BCUT2D eigenvalue weighted by atomic mass is 10.2. The number of carbonyl (C=O) groups is 2. The maximum Gasteiger partial charge on any atom is 0.343 e. The van der Waals surface area contributed by atoms with Gasteiger partial charge in [0.05, 0.1) is 5.56 Å². The van der Waals surface area contributed by atoms with Gasteiger partial charge >= 0.3 is 11.9 Å². The quantitative estimate of drug-likeness (QED) is 0.499. The van der Waals surface area contributed by atoms with Crippen molar-refractivity contribution in [3.05, 3.63) is 59.7 Å². The van der Waals surface area contributed by atoms with Crippen molar-refractivity contribution in [1.82, 2.24) is 0 Å². The van der Waals surface area contributed by atoms with E-state index < -0.39 is 11.9 Å². The normalized spacial score (nSPS) is 9.89. The third kappa shape index (κ3) is 2.90. The van der Waals surface area contributed by atoms with Crippen LogP contribution in [0.1, 0.15) is 20.7 Å². The van der Waals surface area contributed by atoms with E-state index in [0.717, 1.165) is 0 Å². The molecule has 0 spiro atoms. The highest BCUT2D eigenvalue weighted by atomic mass is 16.5. The number of carboxylic acids is 1. The first kappa shape index (κ1) is 12.6. The van der Waals surface area contributed by atoms with Crippen molar-refractivity contribution in [2.45, 2.75) is 0 Å². The van der Waals surface area contributed by atoms with Gasteiger partial charge in [0.25, 0.3) is 0 Å². The summed E-state index contributed by atoms with van der Waals surface area (Å²) in [6.07, 6.45) is 0. The molecule has 0 amide bonds. The summed E-state index contributed by atoms with van der Waals surface area (Å²) in [5.74, 6) is -1.77. The van der Waals surface area contributed by atoms with Gasteiger partial charge in [-0.1, -0.05) is 12.1 Å². The van der Waals surface area contributed by atoms with Crippen molar-refractivity contribution >= 4 is 17.6 Å². The predicted molar refractivity (Wildman–Crippen MR) is 69.2 cm³/mol. The molecule has 0 atom stereocenters. The maximum absolute atomic E-state index is 11.8. The van der Waals surface area contributed by atoms with Crippen LogP contribution in [-0.4, -0.2) is 17.0 Å². The number of esters is 1. The second-order valence-corrected chi connectivity index (χ2v) is 3.81.